The van der Waals surface area contributed by atoms with Crippen LogP contribution in [0.15, 0.2) is 0 Å². The summed E-state index contributed by atoms with van der Waals surface area (Å²) in [5, 5.41) is 9.28. The number of aliphatic carboxylic acids is 1. The van der Waals surface area contributed by atoms with E-state index in [-0.39, 0.29) is 24.0 Å². The Morgan fingerprint density at radius 2 is 2.00 bits per heavy atom. The topological polar surface area (TPSA) is 60.9 Å². The molecule has 1 N–H and O–H groups in total. The van der Waals surface area contributed by atoms with E-state index in [0.29, 0.717) is 12.3 Å². The van der Waals surface area contributed by atoms with E-state index in [1.54, 1.807) is 0 Å². The number of carboxylic acid groups (broad SMARTS) is 1. The minimum Gasteiger partial charge on any atom is -0.481 e. The molecule has 2 aliphatic heterocycles. The highest BCUT2D eigenvalue weighted by atomic mass is 16.4. The van der Waals surface area contributed by atoms with E-state index in [1.165, 1.54) is 12.8 Å². The SMILES string of the molecule is CCCN(CC1CC1)C(=O)N1C2CCC1C(C(=O)O)C2. The summed E-state index contributed by atoms with van der Waals surface area (Å²) in [7, 11) is 0. The molecule has 3 unspecified atom stereocenters. The molecule has 20 heavy (non-hydrogen) atoms. The molecular formula is C15H24N2O3. The van der Waals surface area contributed by atoms with Crippen molar-refractivity contribution in [2.75, 3.05) is 13.1 Å². The average Bonchev–Trinajstić information content (AvgIpc) is 3.05. The predicted molar refractivity (Wildman–Crippen MR) is 74.4 cm³/mol. The Bertz CT molecular complexity index is 408. The van der Waals surface area contributed by atoms with Gasteiger partial charge in [0.15, 0.2) is 0 Å². The smallest absolute Gasteiger partial charge is 0.320 e. The number of nitrogens with zero attached hydrogens (tertiary/aromatic N) is 2. The molecule has 3 aliphatic rings. The third-order valence-electron chi connectivity index (χ3n) is 5.01. The maximum absolute atomic E-state index is 12.8. The average molecular weight is 280 g/mol. The highest BCUT2D eigenvalue weighted by molar-refractivity contribution is 5.79. The van der Waals surface area contributed by atoms with Crippen molar-refractivity contribution in [3.05, 3.63) is 0 Å². The van der Waals surface area contributed by atoms with Gasteiger partial charge in [-0.25, -0.2) is 4.79 Å². The Labute approximate surface area is 119 Å². The molecular weight excluding hydrogens is 256 g/mol. The van der Waals surface area contributed by atoms with Gasteiger partial charge in [0, 0.05) is 25.2 Å². The molecule has 3 atom stereocenters. The van der Waals surface area contributed by atoms with Crippen LogP contribution in [0.2, 0.25) is 0 Å². The summed E-state index contributed by atoms with van der Waals surface area (Å²) < 4.78 is 0. The highest BCUT2D eigenvalue weighted by Crippen LogP contribution is 2.42. The molecule has 5 heteroatoms. The normalized spacial score (nSPS) is 31.6. The number of carbonyl (C=O) groups excluding carboxylic acids is 1. The standard InChI is InChI=1S/C15H24N2O3/c1-2-7-16(9-10-3-4-10)15(20)17-11-5-6-13(17)12(8-11)14(18)19/h10-13H,2-9H2,1H3,(H,18,19). The molecule has 0 aromatic heterocycles. The minimum absolute atomic E-state index is 0.0661. The van der Waals surface area contributed by atoms with Crippen LogP contribution in [-0.2, 0) is 4.79 Å². The third-order valence-corrected chi connectivity index (χ3v) is 5.01. The summed E-state index contributed by atoms with van der Waals surface area (Å²) in [4.78, 5) is 27.9. The van der Waals surface area contributed by atoms with Crippen LogP contribution in [0.5, 0.6) is 0 Å². The summed E-state index contributed by atoms with van der Waals surface area (Å²) in [5.41, 5.74) is 0. The van der Waals surface area contributed by atoms with Gasteiger partial charge in [-0.15, -0.1) is 0 Å². The fraction of sp³-hybridized carbons (Fsp3) is 0.867. The second-order valence-electron chi connectivity index (χ2n) is 6.56. The highest BCUT2D eigenvalue weighted by Gasteiger charge is 2.52. The summed E-state index contributed by atoms with van der Waals surface area (Å²) in [6.45, 7) is 3.75. The lowest BCUT2D eigenvalue weighted by Gasteiger charge is -2.31. The maximum Gasteiger partial charge on any atom is 0.320 e. The summed E-state index contributed by atoms with van der Waals surface area (Å²) in [6.07, 6.45) is 5.91. The van der Waals surface area contributed by atoms with Crippen molar-refractivity contribution in [1.82, 2.24) is 9.80 Å². The van der Waals surface area contributed by atoms with Gasteiger partial charge in [0.1, 0.15) is 0 Å². The van der Waals surface area contributed by atoms with Crippen LogP contribution in [0.4, 0.5) is 4.79 Å². The van der Waals surface area contributed by atoms with Gasteiger partial charge >= 0.3 is 12.0 Å². The van der Waals surface area contributed by atoms with Crippen molar-refractivity contribution < 1.29 is 14.7 Å². The first-order valence-electron chi connectivity index (χ1n) is 7.91. The Balaban J connectivity index is 1.70. The van der Waals surface area contributed by atoms with Gasteiger partial charge in [0.2, 0.25) is 0 Å². The number of urea groups is 1. The number of carboxylic acids is 1. The molecule has 0 radical (unpaired) electrons. The first-order valence-corrected chi connectivity index (χ1v) is 7.91. The molecule has 1 saturated carbocycles. The van der Waals surface area contributed by atoms with Crippen molar-refractivity contribution in [3.8, 4) is 0 Å². The van der Waals surface area contributed by atoms with E-state index in [9.17, 15) is 14.7 Å². The Morgan fingerprint density at radius 1 is 1.25 bits per heavy atom. The molecule has 2 bridgehead atoms. The van der Waals surface area contributed by atoms with E-state index < -0.39 is 5.97 Å². The minimum atomic E-state index is -0.737. The molecule has 2 heterocycles. The molecule has 0 aromatic carbocycles. The zero-order chi connectivity index (χ0) is 14.3. The molecule has 0 spiro atoms. The largest absolute Gasteiger partial charge is 0.481 e. The molecule has 2 amide bonds. The van der Waals surface area contributed by atoms with Crippen LogP contribution in [0, 0.1) is 11.8 Å². The Morgan fingerprint density at radius 3 is 2.55 bits per heavy atom. The number of hydrogen-bond donors (Lipinski definition) is 1. The second kappa shape index (κ2) is 5.26. The molecule has 0 aromatic rings. The third kappa shape index (κ3) is 2.38. The van der Waals surface area contributed by atoms with E-state index in [4.69, 9.17) is 0 Å². The molecule has 112 valence electrons. The lowest BCUT2D eigenvalue weighted by atomic mass is 9.89. The summed E-state index contributed by atoms with van der Waals surface area (Å²) in [5.74, 6) is -0.401. The number of carbonyl (C=O) groups is 2. The summed E-state index contributed by atoms with van der Waals surface area (Å²) >= 11 is 0. The number of amides is 2. The fourth-order valence-corrected chi connectivity index (χ4v) is 3.86. The van der Waals surface area contributed by atoms with Gasteiger partial charge in [0.25, 0.3) is 0 Å². The Hall–Kier alpha value is -1.26. The number of hydrogen-bond acceptors (Lipinski definition) is 2. The number of rotatable bonds is 5. The zero-order valence-electron chi connectivity index (χ0n) is 12.1. The van der Waals surface area contributed by atoms with E-state index in [2.05, 4.69) is 6.92 Å². The van der Waals surface area contributed by atoms with Crippen molar-refractivity contribution in [2.45, 2.75) is 57.5 Å². The fourth-order valence-electron chi connectivity index (χ4n) is 3.86. The van der Waals surface area contributed by atoms with Crippen LogP contribution < -0.4 is 0 Å². The van der Waals surface area contributed by atoms with Crippen molar-refractivity contribution in [2.24, 2.45) is 11.8 Å². The summed E-state index contributed by atoms with van der Waals surface area (Å²) in [6, 6.07) is 0.186. The van der Waals surface area contributed by atoms with E-state index in [1.807, 2.05) is 9.80 Å². The van der Waals surface area contributed by atoms with Crippen LogP contribution >= 0.6 is 0 Å². The molecule has 3 fully saturated rings. The van der Waals surface area contributed by atoms with Crippen molar-refractivity contribution >= 4 is 12.0 Å². The molecule has 1 aliphatic carbocycles. The second-order valence-corrected chi connectivity index (χ2v) is 6.56. The van der Waals surface area contributed by atoms with Crippen molar-refractivity contribution in [1.29, 1.82) is 0 Å². The van der Waals surface area contributed by atoms with Crippen LogP contribution in [0.1, 0.15) is 45.4 Å². The monoisotopic (exact) mass is 280 g/mol. The first-order chi connectivity index (χ1) is 9.61. The predicted octanol–water partition coefficient (Wildman–Crippen LogP) is 2.17. The van der Waals surface area contributed by atoms with E-state index in [0.717, 1.165) is 32.4 Å². The molecule has 5 nitrogen and oxygen atoms in total. The zero-order valence-corrected chi connectivity index (χ0v) is 12.1. The Kier molecular flexibility index (Phi) is 3.61. The van der Waals surface area contributed by atoms with Gasteiger partial charge in [-0.1, -0.05) is 6.92 Å². The van der Waals surface area contributed by atoms with Gasteiger partial charge in [0.05, 0.1) is 5.92 Å². The van der Waals surface area contributed by atoms with Gasteiger partial charge < -0.3 is 14.9 Å². The molecule has 3 rings (SSSR count). The van der Waals surface area contributed by atoms with Gasteiger partial charge in [-0.05, 0) is 44.4 Å². The van der Waals surface area contributed by atoms with Gasteiger partial charge in [-0.2, -0.15) is 0 Å². The van der Waals surface area contributed by atoms with Crippen LogP contribution in [0.25, 0.3) is 0 Å². The first kappa shape index (κ1) is 13.7. The lowest BCUT2D eigenvalue weighted by molar-refractivity contribution is -0.142. The van der Waals surface area contributed by atoms with Crippen LogP contribution in [0.3, 0.4) is 0 Å². The molecule has 2 saturated heterocycles. The maximum atomic E-state index is 12.8. The van der Waals surface area contributed by atoms with Crippen LogP contribution in [-0.4, -0.2) is 52.1 Å². The quantitative estimate of drug-likeness (QED) is 0.839. The van der Waals surface area contributed by atoms with Crippen molar-refractivity contribution in [3.63, 3.8) is 0 Å². The van der Waals surface area contributed by atoms with Gasteiger partial charge in [-0.3, -0.25) is 4.79 Å². The number of fused-ring (bicyclic) bond motifs is 2. The van der Waals surface area contributed by atoms with E-state index >= 15 is 0 Å². The lowest BCUT2D eigenvalue weighted by Crippen LogP contribution is -2.47.